The Kier molecular flexibility index (Phi) is 5.17. The summed E-state index contributed by atoms with van der Waals surface area (Å²) >= 11 is 6.61. The van der Waals surface area contributed by atoms with Gasteiger partial charge in [-0.3, -0.25) is 9.89 Å². The third-order valence-corrected chi connectivity index (χ3v) is 5.79. The Labute approximate surface area is 144 Å². The molecule has 94 valence electrons. The molecule has 0 aliphatic rings. The van der Waals surface area contributed by atoms with Crippen molar-refractivity contribution in [3.05, 3.63) is 40.6 Å². The highest BCUT2D eigenvalue weighted by Gasteiger charge is 2.13. The standard InChI is InChI=1S/C10H7I3N4O/c11-5-1-6(9(13)7(12)2-5)10(18)14-3-8-15-4-16-17-8/h1-2,4H,3H2,(H,14,18)(H,15,16,17). The van der Waals surface area contributed by atoms with Gasteiger partial charge in [-0.1, -0.05) is 0 Å². The van der Waals surface area contributed by atoms with Crippen LogP contribution >= 0.6 is 67.8 Å². The van der Waals surface area contributed by atoms with E-state index in [1.54, 1.807) is 0 Å². The average Bonchev–Trinajstić information content (AvgIpc) is 2.83. The summed E-state index contributed by atoms with van der Waals surface area (Å²) in [5.41, 5.74) is 0.686. The van der Waals surface area contributed by atoms with E-state index in [-0.39, 0.29) is 5.91 Å². The minimum atomic E-state index is -0.104. The molecule has 18 heavy (non-hydrogen) atoms. The molecule has 0 spiro atoms. The average molecular weight is 580 g/mol. The van der Waals surface area contributed by atoms with Crippen LogP contribution in [0.5, 0.6) is 0 Å². The molecule has 0 saturated carbocycles. The van der Waals surface area contributed by atoms with Gasteiger partial charge in [0.05, 0.1) is 12.1 Å². The van der Waals surface area contributed by atoms with Crippen molar-refractivity contribution in [3.8, 4) is 0 Å². The maximum Gasteiger partial charge on any atom is 0.252 e. The highest BCUT2D eigenvalue weighted by atomic mass is 127. The summed E-state index contributed by atoms with van der Waals surface area (Å²) in [5, 5.41) is 9.24. The van der Waals surface area contributed by atoms with Crippen LogP contribution < -0.4 is 5.32 Å². The number of hydrogen-bond acceptors (Lipinski definition) is 3. The first-order valence-corrected chi connectivity index (χ1v) is 8.08. The molecule has 0 radical (unpaired) electrons. The molecule has 0 aliphatic heterocycles. The van der Waals surface area contributed by atoms with Crippen molar-refractivity contribution in [1.29, 1.82) is 0 Å². The van der Waals surface area contributed by atoms with Crippen LogP contribution in [0.1, 0.15) is 16.2 Å². The van der Waals surface area contributed by atoms with E-state index in [1.165, 1.54) is 6.33 Å². The van der Waals surface area contributed by atoms with Gasteiger partial charge in [0.1, 0.15) is 12.2 Å². The summed E-state index contributed by atoms with van der Waals surface area (Å²) in [5.74, 6) is 0.533. The summed E-state index contributed by atoms with van der Waals surface area (Å²) in [4.78, 5) is 16.0. The van der Waals surface area contributed by atoms with Crippen LogP contribution in [0.2, 0.25) is 0 Å². The lowest BCUT2D eigenvalue weighted by molar-refractivity contribution is 0.0949. The van der Waals surface area contributed by atoms with Gasteiger partial charge in [0.2, 0.25) is 0 Å². The second kappa shape index (κ2) is 6.45. The number of H-pyrrole nitrogens is 1. The minimum Gasteiger partial charge on any atom is -0.345 e. The fourth-order valence-corrected chi connectivity index (χ4v) is 3.70. The number of nitrogens with zero attached hydrogens (tertiary/aromatic N) is 2. The summed E-state index contributed by atoms with van der Waals surface area (Å²) in [6.45, 7) is 0.344. The fraction of sp³-hybridized carbons (Fsp3) is 0.100. The monoisotopic (exact) mass is 580 g/mol. The number of aromatic amines is 1. The second-order valence-electron chi connectivity index (χ2n) is 3.36. The molecule has 0 atom stereocenters. The molecular formula is C10H7I3N4O. The molecule has 8 heteroatoms. The number of hydrogen-bond donors (Lipinski definition) is 2. The highest BCUT2D eigenvalue weighted by molar-refractivity contribution is 14.1. The van der Waals surface area contributed by atoms with Gasteiger partial charge >= 0.3 is 0 Å². The molecule has 0 unspecified atom stereocenters. The van der Waals surface area contributed by atoms with Crippen molar-refractivity contribution < 1.29 is 4.79 Å². The van der Waals surface area contributed by atoms with Gasteiger partial charge in [0.15, 0.2) is 0 Å². The third kappa shape index (κ3) is 3.53. The van der Waals surface area contributed by atoms with Crippen LogP contribution in [0.3, 0.4) is 0 Å². The first-order valence-electron chi connectivity index (χ1n) is 4.85. The largest absolute Gasteiger partial charge is 0.345 e. The molecule has 0 fully saturated rings. The Morgan fingerprint density at radius 3 is 2.78 bits per heavy atom. The van der Waals surface area contributed by atoms with E-state index in [4.69, 9.17) is 0 Å². The van der Waals surface area contributed by atoms with Gasteiger partial charge in [-0.05, 0) is 79.9 Å². The van der Waals surface area contributed by atoms with Crippen molar-refractivity contribution in [1.82, 2.24) is 20.5 Å². The zero-order valence-corrected chi connectivity index (χ0v) is 15.3. The number of carbonyl (C=O) groups is 1. The first-order chi connectivity index (χ1) is 8.58. The summed E-state index contributed by atoms with van der Waals surface area (Å²) < 4.78 is 3.08. The topological polar surface area (TPSA) is 70.7 Å². The molecule has 1 heterocycles. The predicted octanol–water partition coefficient (Wildman–Crippen LogP) is 2.55. The Bertz CT molecular complexity index is 571. The summed E-state index contributed by atoms with van der Waals surface area (Å²) in [6.07, 6.45) is 1.42. The zero-order valence-electron chi connectivity index (χ0n) is 8.88. The Morgan fingerprint density at radius 2 is 2.11 bits per heavy atom. The van der Waals surface area contributed by atoms with Crippen molar-refractivity contribution in [3.63, 3.8) is 0 Å². The fourth-order valence-electron chi connectivity index (χ4n) is 1.30. The lowest BCUT2D eigenvalue weighted by Gasteiger charge is -2.07. The molecule has 0 saturated heterocycles. The number of halogens is 3. The van der Waals surface area contributed by atoms with Crippen molar-refractivity contribution in [2.45, 2.75) is 6.54 Å². The maximum absolute atomic E-state index is 12.1. The molecule has 1 aromatic carbocycles. The van der Waals surface area contributed by atoms with Gasteiger partial charge in [-0.2, -0.15) is 5.10 Å². The van der Waals surface area contributed by atoms with Crippen molar-refractivity contribution in [2.24, 2.45) is 0 Å². The van der Waals surface area contributed by atoms with E-state index in [0.29, 0.717) is 17.9 Å². The van der Waals surface area contributed by atoms with E-state index in [0.717, 1.165) is 10.7 Å². The van der Waals surface area contributed by atoms with Crippen molar-refractivity contribution in [2.75, 3.05) is 0 Å². The maximum atomic E-state index is 12.1. The minimum absolute atomic E-state index is 0.104. The van der Waals surface area contributed by atoms with E-state index in [1.807, 2.05) is 12.1 Å². The number of benzene rings is 1. The van der Waals surface area contributed by atoms with Crippen LogP contribution in [0, 0.1) is 10.7 Å². The van der Waals surface area contributed by atoms with Gasteiger partial charge in [-0.25, -0.2) is 4.98 Å². The van der Waals surface area contributed by atoms with E-state index >= 15 is 0 Å². The molecule has 2 aromatic rings. The van der Waals surface area contributed by atoms with Gasteiger partial charge in [0, 0.05) is 10.7 Å². The molecule has 2 rings (SSSR count). The van der Waals surface area contributed by atoms with Crippen LogP contribution in [-0.2, 0) is 6.54 Å². The van der Waals surface area contributed by atoms with Crippen LogP contribution in [-0.4, -0.2) is 21.1 Å². The Balaban J connectivity index is 2.14. The molecular weight excluding hydrogens is 573 g/mol. The van der Waals surface area contributed by atoms with Crippen molar-refractivity contribution >= 4 is 73.7 Å². The number of rotatable bonds is 3. The van der Waals surface area contributed by atoms with Crippen LogP contribution in [0.4, 0.5) is 0 Å². The van der Waals surface area contributed by atoms with E-state index in [9.17, 15) is 4.79 Å². The second-order valence-corrected chi connectivity index (χ2v) is 6.85. The number of aromatic nitrogens is 3. The summed E-state index contributed by atoms with van der Waals surface area (Å²) in [7, 11) is 0. The third-order valence-electron chi connectivity index (χ3n) is 2.12. The van der Waals surface area contributed by atoms with Gasteiger partial charge < -0.3 is 5.32 Å². The molecule has 1 amide bonds. The molecule has 2 N–H and O–H groups in total. The van der Waals surface area contributed by atoms with Crippen LogP contribution in [0.25, 0.3) is 0 Å². The van der Waals surface area contributed by atoms with Gasteiger partial charge in [-0.15, -0.1) is 0 Å². The van der Waals surface area contributed by atoms with Crippen LogP contribution in [0.15, 0.2) is 18.5 Å². The zero-order chi connectivity index (χ0) is 13.1. The van der Waals surface area contributed by atoms with E-state index in [2.05, 4.69) is 88.3 Å². The Morgan fingerprint density at radius 1 is 1.33 bits per heavy atom. The lowest BCUT2D eigenvalue weighted by atomic mass is 10.2. The number of carbonyl (C=O) groups excluding carboxylic acids is 1. The predicted molar refractivity (Wildman–Crippen MR) is 92.1 cm³/mol. The van der Waals surface area contributed by atoms with E-state index < -0.39 is 0 Å². The lowest BCUT2D eigenvalue weighted by Crippen LogP contribution is -2.24. The molecule has 5 nitrogen and oxygen atoms in total. The summed E-state index contributed by atoms with van der Waals surface area (Å²) in [6, 6.07) is 3.91. The quantitative estimate of drug-likeness (QED) is 0.434. The molecule has 0 bridgehead atoms. The molecule has 1 aromatic heterocycles. The van der Waals surface area contributed by atoms with Gasteiger partial charge in [0.25, 0.3) is 5.91 Å². The Hall–Kier alpha value is 0.0200. The molecule has 0 aliphatic carbocycles. The SMILES string of the molecule is O=C(NCc1ncn[nH]1)c1cc(I)cc(I)c1I. The number of nitrogens with one attached hydrogen (secondary N) is 2. The first kappa shape index (κ1) is 14.4. The highest BCUT2D eigenvalue weighted by Crippen LogP contribution is 2.22. The smallest absolute Gasteiger partial charge is 0.252 e. The number of amides is 1. The normalized spacial score (nSPS) is 10.4.